The summed E-state index contributed by atoms with van der Waals surface area (Å²) in [7, 11) is 0. The fraction of sp³-hybridized carbons (Fsp3) is 0.429. The highest BCUT2D eigenvalue weighted by atomic mass is 35.5. The zero-order chi connectivity index (χ0) is 13.7. The summed E-state index contributed by atoms with van der Waals surface area (Å²) in [6, 6.07) is 9.63. The predicted molar refractivity (Wildman–Crippen MR) is 77.1 cm³/mol. The lowest BCUT2D eigenvalue weighted by atomic mass is 10.0. The van der Waals surface area contributed by atoms with Gasteiger partial charge in [-0.05, 0) is 49.9 Å². The van der Waals surface area contributed by atoms with Crippen molar-refractivity contribution in [3.63, 3.8) is 0 Å². The van der Waals surface area contributed by atoms with Crippen molar-refractivity contribution >= 4 is 29.3 Å². The minimum atomic E-state index is -0.627. The van der Waals surface area contributed by atoms with Crippen LogP contribution in [0.25, 0.3) is 0 Å². The van der Waals surface area contributed by atoms with E-state index in [1.54, 1.807) is 12.1 Å². The Bertz CT molecular complexity index is 489. The van der Waals surface area contributed by atoms with Crippen LogP contribution in [0.5, 0.6) is 0 Å². The fourth-order valence-corrected chi connectivity index (χ4v) is 3.05. The summed E-state index contributed by atoms with van der Waals surface area (Å²) >= 11 is 7.25. The van der Waals surface area contributed by atoms with Crippen LogP contribution in [0.4, 0.5) is 0 Å². The van der Waals surface area contributed by atoms with Crippen molar-refractivity contribution in [1.29, 1.82) is 5.26 Å². The number of nitriles is 1. The number of carbonyl (C=O) groups excluding carboxylic acids is 1. The molecule has 2 rings (SSSR count). The number of amides is 1. The predicted octanol–water partition coefficient (Wildman–Crippen LogP) is 3.38. The van der Waals surface area contributed by atoms with Gasteiger partial charge in [-0.25, -0.2) is 0 Å². The normalized spacial score (nSPS) is 16.8. The van der Waals surface area contributed by atoms with Gasteiger partial charge in [0, 0.05) is 9.92 Å². The number of hydrogen-bond donors (Lipinski definition) is 1. The number of nitrogens with one attached hydrogen (secondary N) is 1. The Balaban J connectivity index is 1.85. The molecule has 0 aliphatic heterocycles. The molecule has 1 aliphatic rings. The molecule has 1 fully saturated rings. The molecule has 0 spiro atoms. The smallest absolute Gasteiger partial charge is 0.231 e. The zero-order valence-electron chi connectivity index (χ0n) is 10.5. The summed E-state index contributed by atoms with van der Waals surface area (Å²) in [5.41, 5.74) is -0.627. The van der Waals surface area contributed by atoms with Crippen molar-refractivity contribution in [3.05, 3.63) is 29.3 Å². The minimum Gasteiger partial charge on any atom is -0.337 e. The number of benzene rings is 1. The summed E-state index contributed by atoms with van der Waals surface area (Å²) in [4.78, 5) is 12.9. The lowest BCUT2D eigenvalue weighted by molar-refractivity contribution is -0.119. The third-order valence-corrected chi connectivity index (χ3v) is 4.50. The van der Waals surface area contributed by atoms with Crippen molar-refractivity contribution in [2.75, 3.05) is 5.75 Å². The first-order chi connectivity index (χ1) is 9.13. The van der Waals surface area contributed by atoms with E-state index < -0.39 is 5.54 Å². The molecule has 100 valence electrons. The van der Waals surface area contributed by atoms with Crippen LogP contribution in [-0.2, 0) is 4.79 Å². The number of halogens is 1. The average Bonchev–Trinajstić information content (AvgIpc) is 2.87. The lowest BCUT2D eigenvalue weighted by Crippen LogP contribution is -2.45. The number of nitrogens with zero attached hydrogens (tertiary/aromatic N) is 1. The SMILES string of the molecule is N#CC1(NC(=O)CSc2ccc(Cl)cc2)CCCC1. The van der Waals surface area contributed by atoms with Crippen LogP contribution in [0.15, 0.2) is 29.2 Å². The molecular weight excluding hydrogens is 280 g/mol. The van der Waals surface area contributed by atoms with Crippen molar-refractivity contribution in [2.24, 2.45) is 0 Å². The van der Waals surface area contributed by atoms with Crippen molar-refractivity contribution in [2.45, 2.75) is 36.1 Å². The number of thioether (sulfide) groups is 1. The van der Waals surface area contributed by atoms with Gasteiger partial charge < -0.3 is 5.32 Å². The second kappa shape index (κ2) is 6.31. The molecule has 19 heavy (non-hydrogen) atoms. The van der Waals surface area contributed by atoms with E-state index in [-0.39, 0.29) is 5.91 Å². The highest BCUT2D eigenvalue weighted by Gasteiger charge is 2.35. The Labute approximate surface area is 122 Å². The van der Waals surface area contributed by atoms with Gasteiger partial charge >= 0.3 is 0 Å². The van der Waals surface area contributed by atoms with Crippen molar-refractivity contribution < 1.29 is 4.79 Å². The standard InChI is InChI=1S/C14H15ClN2OS/c15-11-3-5-12(6-4-11)19-9-13(18)17-14(10-16)7-1-2-8-14/h3-6H,1-2,7-9H2,(H,17,18). The average molecular weight is 295 g/mol. The lowest BCUT2D eigenvalue weighted by Gasteiger charge is -2.21. The minimum absolute atomic E-state index is 0.0802. The first kappa shape index (κ1) is 14.2. The van der Waals surface area contributed by atoms with Gasteiger partial charge in [0.15, 0.2) is 0 Å². The third-order valence-electron chi connectivity index (χ3n) is 3.23. The molecule has 0 bridgehead atoms. The molecular formula is C14H15ClN2OS. The number of rotatable bonds is 4. The number of carbonyl (C=O) groups is 1. The molecule has 0 radical (unpaired) electrons. The Morgan fingerprint density at radius 2 is 2.00 bits per heavy atom. The van der Waals surface area contributed by atoms with Gasteiger partial charge in [0.05, 0.1) is 11.8 Å². The maximum atomic E-state index is 11.9. The Morgan fingerprint density at radius 1 is 1.37 bits per heavy atom. The van der Waals surface area contributed by atoms with Gasteiger partial charge in [0.25, 0.3) is 0 Å². The van der Waals surface area contributed by atoms with Crippen LogP contribution in [0.1, 0.15) is 25.7 Å². The van der Waals surface area contributed by atoms with Gasteiger partial charge in [0.1, 0.15) is 5.54 Å². The van der Waals surface area contributed by atoms with Crippen molar-refractivity contribution in [3.8, 4) is 6.07 Å². The van der Waals surface area contributed by atoms with E-state index in [0.29, 0.717) is 10.8 Å². The summed E-state index contributed by atoms with van der Waals surface area (Å²) in [5.74, 6) is 0.244. The first-order valence-electron chi connectivity index (χ1n) is 6.24. The number of hydrogen-bond acceptors (Lipinski definition) is 3. The fourth-order valence-electron chi connectivity index (χ4n) is 2.23. The molecule has 1 saturated carbocycles. The van der Waals surface area contributed by atoms with Gasteiger partial charge in [-0.3, -0.25) is 4.79 Å². The molecule has 1 aromatic carbocycles. The van der Waals surface area contributed by atoms with Gasteiger partial charge in [-0.2, -0.15) is 5.26 Å². The van der Waals surface area contributed by atoms with Crippen LogP contribution in [0, 0.1) is 11.3 Å². The highest BCUT2D eigenvalue weighted by Crippen LogP contribution is 2.29. The molecule has 1 aromatic rings. The summed E-state index contributed by atoms with van der Waals surface area (Å²) in [6.07, 6.45) is 3.55. The van der Waals surface area contributed by atoms with E-state index in [1.165, 1.54) is 11.8 Å². The van der Waals surface area contributed by atoms with E-state index in [9.17, 15) is 10.1 Å². The van der Waals surface area contributed by atoms with E-state index in [2.05, 4.69) is 11.4 Å². The quantitative estimate of drug-likeness (QED) is 0.866. The Morgan fingerprint density at radius 3 is 2.58 bits per heavy atom. The van der Waals surface area contributed by atoms with Crippen LogP contribution >= 0.6 is 23.4 Å². The summed E-state index contributed by atoms with van der Waals surface area (Å²) in [5, 5.41) is 12.8. The Hall–Kier alpha value is -1.18. The van der Waals surface area contributed by atoms with Crippen LogP contribution in [0.2, 0.25) is 5.02 Å². The molecule has 1 N–H and O–H groups in total. The molecule has 0 atom stereocenters. The first-order valence-corrected chi connectivity index (χ1v) is 7.61. The maximum absolute atomic E-state index is 11.9. The van der Waals surface area contributed by atoms with Crippen LogP contribution in [-0.4, -0.2) is 17.2 Å². The van der Waals surface area contributed by atoms with E-state index in [4.69, 9.17) is 11.6 Å². The van der Waals surface area contributed by atoms with E-state index in [1.807, 2.05) is 12.1 Å². The van der Waals surface area contributed by atoms with Gasteiger partial charge in [-0.15, -0.1) is 11.8 Å². The highest BCUT2D eigenvalue weighted by molar-refractivity contribution is 8.00. The third kappa shape index (κ3) is 3.89. The molecule has 5 heteroatoms. The molecule has 1 amide bonds. The largest absolute Gasteiger partial charge is 0.337 e. The molecule has 0 heterocycles. The van der Waals surface area contributed by atoms with Gasteiger partial charge in [-0.1, -0.05) is 11.6 Å². The van der Waals surface area contributed by atoms with E-state index in [0.717, 1.165) is 30.6 Å². The van der Waals surface area contributed by atoms with Crippen LogP contribution < -0.4 is 5.32 Å². The monoisotopic (exact) mass is 294 g/mol. The molecule has 0 unspecified atom stereocenters. The van der Waals surface area contributed by atoms with Gasteiger partial charge in [0.2, 0.25) is 5.91 Å². The summed E-state index contributed by atoms with van der Waals surface area (Å²) < 4.78 is 0. The van der Waals surface area contributed by atoms with Crippen molar-refractivity contribution in [1.82, 2.24) is 5.32 Å². The Kier molecular flexibility index (Phi) is 4.73. The molecule has 0 saturated heterocycles. The maximum Gasteiger partial charge on any atom is 0.231 e. The summed E-state index contributed by atoms with van der Waals surface area (Å²) in [6.45, 7) is 0. The van der Waals surface area contributed by atoms with E-state index >= 15 is 0 Å². The molecule has 3 nitrogen and oxygen atoms in total. The topological polar surface area (TPSA) is 52.9 Å². The molecule has 1 aliphatic carbocycles. The second-order valence-corrected chi connectivity index (χ2v) is 6.18. The zero-order valence-corrected chi connectivity index (χ0v) is 12.1. The van der Waals surface area contributed by atoms with Crippen LogP contribution in [0.3, 0.4) is 0 Å². The second-order valence-electron chi connectivity index (χ2n) is 4.69. The molecule has 0 aromatic heterocycles.